The molecule has 1 fully saturated rings. The standard InChI is InChI=1S/C20H26N4O3/c1-14-2-4-15(5-3-14)17-6-7-19(26)24(22-17)13-10-18(25)23-11-8-16(9-12-23)20(21)27/h2-6,16,22H,7-13H2,1H3,(H2,21,27). The fourth-order valence-electron chi connectivity index (χ4n) is 3.43. The first kappa shape index (κ1) is 18.9. The fourth-order valence-corrected chi connectivity index (χ4v) is 3.43. The summed E-state index contributed by atoms with van der Waals surface area (Å²) >= 11 is 0. The first-order valence-electron chi connectivity index (χ1n) is 9.35. The van der Waals surface area contributed by atoms with Gasteiger partial charge in [0.1, 0.15) is 0 Å². The van der Waals surface area contributed by atoms with Crippen LogP contribution < -0.4 is 11.2 Å². The summed E-state index contributed by atoms with van der Waals surface area (Å²) in [5.74, 6) is -0.479. The van der Waals surface area contributed by atoms with E-state index in [1.54, 1.807) is 4.90 Å². The van der Waals surface area contributed by atoms with E-state index in [-0.39, 0.29) is 30.1 Å². The van der Waals surface area contributed by atoms with E-state index in [9.17, 15) is 14.4 Å². The van der Waals surface area contributed by atoms with Crippen molar-refractivity contribution < 1.29 is 14.4 Å². The number of rotatable bonds is 5. The van der Waals surface area contributed by atoms with E-state index in [1.807, 2.05) is 37.3 Å². The van der Waals surface area contributed by atoms with E-state index in [1.165, 1.54) is 10.6 Å². The topological polar surface area (TPSA) is 95.7 Å². The molecule has 0 atom stereocenters. The number of likely N-dealkylation sites (tertiary alicyclic amines) is 1. The summed E-state index contributed by atoms with van der Waals surface area (Å²) in [7, 11) is 0. The number of carbonyl (C=O) groups excluding carboxylic acids is 3. The van der Waals surface area contributed by atoms with Gasteiger partial charge in [0.15, 0.2) is 0 Å². The molecule has 2 heterocycles. The molecule has 0 aliphatic carbocycles. The van der Waals surface area contributed by atoms with Gasteiger partial charge in [-0.3, -0.25) is 24.8 Å². The van der Waals surface area contributed by atoms with E-state index >= 15 is 0 Å². The second kappa shape index (κ2) is 8.24. The second-order valence-corrected chi connectivity index (χ2v) is 7.15. The molecule has 0 saturated carbocycles. The predicted octanol–water partition coefficient (Wildman–Crippen LogP) is 1.19. The Morgan fingerprint density at radius 1 is 1.19 bits per heavy atom. The zero-order valence-corrected chi connectivity index (χ0v) is 15.6. The number of carbonyl (C=O) groups is 3. The first-order chi connectivity index (χ1) is 12.9. The van der Waals surface area contributed by atoms with Gasteiger partial charge in [0, 0.05) is 31.8 Å². The van der Waals surface area contributed by atoms with Gasteiger partial charge in [-0.25, -0.2) is 0 Å². The van der Waals surface area contributed by atoms with Crippen molar-refractivity contribution in [2.75, 3.05) is 19.6 Å². The summed E-state index contributed by atoms with van der Waals surface area (Å²) < 4.78 is 0. The zero-order chi connectivity index (χ0) is 19.4. The number of primary amides is 1. The molecular weight excluding hydrogens is 344 g/mol. The van der Waals surface area contributed by atoms with Crippen molar-refractivity contribution in [3.8, 4) is 0 Å². The minimum atomic E-state index is -0.291. The molecule has 1 aromatic rings. The number of amides is 3. The molecule has 0 unspecified atom stereocenters. The van der Waals surface area contributed by atoms with Crippen LogP contribution in [0.25, 0.3) is 5.70 Å². The van der Waals surface area contributed by atoms with Crippen LogP contribution in [0.3, 0.4) is 0 Å². The van der Waals surface area contributed by atoms with Gasteiger partial charge >= 0.3 is 0 Å². The maximum absolute atomic E-state index is 12.4. The Morgan fingerprint density at radius 2 is 1.85 bits per heavy atom. The average molecular weight is 370 g/mol. The quantitative estimate of drug-likeness (QED) is 0.814. The van der Waals surface area contributed by atoms with Gasteiger partial charge < -0.3 is 10.6 Å². The molecule has 3 amide bonds. The maximum atomic E-state index is 12.4. The molecule has 1 saturated heterocycles. The van der Waals surface area contributed by atoms with Gasteiger partial charge in [-0.05, 0) is 31.4 Å². The van der Waals surface area contributed by atoms with Crippen LogP contribution in [0.1, 0.15) is 36.8 Å². The molecule has 2 aliphatic rings. The molecule has 27 heavy (non-hydrogen) atoms. The number of hydrazine groups is 1. The van der Waals surface area contributed by atoms with Crippen LogP contribution in [0.15, 0.2) is 30.3 Å². The third-order valence-electron chi connectivity index (χ3n) is 5.20. The number of benzene rings is 1. The van der Waals surface area contributed by atoms with Gasteiger partial charge in [-0.1, -0.05) is 29.8 Å². The molecule has 0 bridgehead atoms. The van der Waals surface area contributed by atoms with Crippen LogP contribution in [0.4, 0.5) is 0 Å². The van der Waals surface area contributed by atoms with Crippen LogP contribution in [0.5, 0.6) is 0 Å². The van der Waals surface area contributed by atoms with Gasteiger partial charge in [0.2, 0.25) is 17.7 Å². The van der Waals surface area contributed by atoms with Crippen molar-refractivity contribution in [3.05, 3.63) is 41.5 Å². The Balaban J connectivity index is 1.52. The van der Waals surface area contributed by atoms with Crippen LogP contribution in [-0.4, -0.2) is 47.3 Å². The molecule has 3 N–H and O–H groups in total. The molecule has 0 spiro atoms. The van der Waals surface area contributed by atoms with Crippen molar-refractivity contribution in [2.45, 2.75) is 32.6 Å². The van der Waals surface area contributed by atoms with Crippen molar-refractivity contribution in [2.24, 2.45) is 11.7 Å². The molecule has 7 nitrogen and oxygen atoms in total. The van der Waals surface area contributed by atoms with Crippen molar-refractivity contribution >= 4 is 23.4 Å². The Bertz CT molecular complexity index is 749. The third kappa shape index (κ3) is 4.67. The number of nitrogens with one attached hydrogen (secondary N) is 1. The SMILES string of the molecule is Cc1ccc(C2=CCC(=O)N(CCC(=O)N3CCC(C(N)=O)CC3)N2)cc1. The number of nitrogens with two attached hydrogens (primary N) is 1. The van der Waals surface area contributed by atoms with Crippen molar-refractivity contribution in [3.63, 3.8) is 0 Å². The van der Waals surface area contributed by atoms with Gasteiger partial charge in [0.25, 0.3) is 0 Å². The van der Waals surface area contributed by atoms with Crippen LogP contribution >= 0.6 is 0 Å². The van der Waals surface area contributed by atoms with Crippen LogP contribution in [0, 0.1) is 12.8 Å². The number of aryl methyl sites for hydroxylation is 1. The summed E-state index contributed by atoms with van der Waals surface area (Å²) in [6.45, 7) is 3.43. The molecule has 1 aromatic carbocycles. The minimum absolute atomic E-state index is 0.000964. The molecule has 2 aliphatic heterocycles. The van der Waals surface area contributed by atoms with Crippen molar-refractivity contribution in [1.82, 2.24) is 15.3 Å². The average Bonchev–Trinajstić information content (AvgIpc) is 2.68. The Kier molecular flexibility index (Phi) is 5.78. The Labute approximate surface area is 159 Å². The first-order valence-corrected chi connectivity index (χ1v) is 9.35. The highest BCUT2D eigenvalue weighted by molar-refractivity contribution is 5.84. The summed E-state index contributed by atoms with van der Waals surface area (Å²) in [5.41, 5.74) is 11.5. The largest absolute Gasteiger partial charge is 0.369 e. The summed E-state index contributed by atoms with van der Waals surface area (Å²) in [6, 6.07) is 8.07. The molecule has 144 valence electrons. The molecule has 7 heteroatoms. The molecular formula is C20H26N4O3. The lowest BCUT2D eigenvalue weighted by Gasteiger charge is -2.32. The van der Waals surface area contributed by atoms with Crippen molar-refractivity contribution in [1.29, 1.82) is 0 Å². The summed E-state index contributed by atoms with van der Waals surface area (Å²) in [6.07, 6.45) is 3.67. The predicted molar refractivity (Wildman–Crippen MR) is 102 cm³/mol. The fraction of sp³-hybridized carbons (Fsp3) is 0.450. The van der Waals surface area contributed by atoms with Gasteiger partial charge in [0.05, 0.1) is 12.2 Å². The monoisotopic (exact) mass is 370 g/mol. The van der Waals surface area contributed by atoms with E-state index in [4.69, 9.17) is 5.73 Å². The smallest absolute Gasteiger partial charge is 0.244 e. The Hall–Kier alpha value is -2.83. The van der Waals surface area contributed by atoms with Crippen LogP contribution in [0.2, 0.25) is 0 Å². The molecule has 0 radical (unpaired) electrons. The van der Waals surface area contributed by atoms with E-state index in [0.29, 0.717) is 38.9 Å². The van der Waals surface area contributed by atoms with E-state index in [0.717, 1.165) is 11.3 Å². The molecule has 3 rings (SSSR count). The zero-order valence-electron chi connectivity index (χ0n) is 15.6. The molecule has 0 aromatic heterocycles. The lowest BCUT2D eigenvalue weighted by Crippen LogP contribution is -2.47. The lowest BCUT2D eigenvalue weighted by molar-refractivity contribution is -0.137. The number of piperidine rings is 1. The lowest BCUT2D eigenvalue weighted by atomic mass is 9.96. The van der Waals surface area contributed by atoms with E-state index in [2.05, 4.69) is 5.43 Å². The van der Waals surface area contributed by atoms with E-state index < -0.39 is 0 Å². The highest BCUT2D eigenvalue weighted by Gasteiger charge is 2.27. The van der Waals surface area contributed by atoms with Gasteiger partial charge in [-0.2, -0.15) is 0 Å². The third-order valence-corrected chi connectivity index (χ3v) is 5.20. The second-order valence-electron chi connectivity index (χ2n) is 7.15. The number of hydrogen-bond donors (Lipinski definition) is 2. The summed E-state index contributed by atoms with van der Waals surface area (Å²) in [4.78, 5) is 37.6. The van der Waals surface area contributed by atoms with Gasteiger partial charge in [-0.15, -0.1) is 0 Å². The Morgan fingerprint density at radius 3 is 2.48 bits per heavy atom. The highest BCUT2D eigenvalue weighted by Crippen LogP contribution is 2.19. The normalized spacial score (nSPS) is 18.1. The maximum Gasteiger partial charge on any atom is 0.244 e. The summed E-state index contributed by atoms with van der Waals surface area (Å²) in [5, 5.41) is 1.52. The number of hydrogen-bond acceptors (Lipinski definition) is 4. The number of nitrogens with zero attached hydrogens (tertiary/aromatic N) is 2. The highest BCUT2D eigenvalue weighted by atomic mass is 16.2. The van der Waals surface area contributed by atoms with Crippen LogP contribution in [-0.2, 0) is 14.4 Å². The minimum Gasteiger partial charge on any atom is -0.369 e.